The molecule has 0 saturated heterocycles. The highest BCUT2D eigenvalue weighted by molar-refractivity contribution is 7.21. The largest absolute Gasteiger partial charge is 0.326 e. The van der Waals surface area contributed by atoms with E-state index >= 15 is 0 Å². The normalized spacial score (nSPS) is 10.8. The molecule has 8 heteroatoms. The van der Waals surface area contributed by atoms with E-state index in [1.807, 2.05) is 24.3 Å². The number of anilines is 2. The Morgan fingerprint density at radius 2 is 1.71 bits per heavy atom. The molecule has 3 aromatic carbocycles. The van der Waals surface area contributed by atoms with Crippen molar-refractivity contribution in [2.75, 3.05) is 10.6 Å². The van der Waals surface area contributed by atoms with Crippen molar-refractivity contribution >= 4 is 56.2 Å². The monoisotopic (exact) mass is 453 g/mol. The van der Waals surface area contributed by atoms with E-state index in [2.05, 4.69) is 10.6 Å². The van der Waals surface area contributed by atoms with Crippen molar-refractivity contribution in [2.24, 2.45) is 5.73 Å². The molecule has 0 unspecified atom stereocenters. The molecule has 4 rings (SSSR count). The lowest BCUT2D eigenvalue weighted by Gasteiger charge is -2.13. The molecule has 0 aliphatic carbocycles. The Kier molecular flexibility index (Phi) is 5.99. The summed E-state index contributed by atoms with van der Waals surface area (Å²) >= 11 is 7.69. The van der Waals surface area contributed by atoms with Crippen LogP contribution in [0.25, 0.3) is 10.1 Å². The van der Waals surface area contributed by atoms with Gasteiger partial charge in [-0.15, -0.1) is 11.3 Å². The molecule has 0 fully saturated rings. The average Bonchev–Trinajstić information content (AvgIpc) is 3.12. The maximum absolute atomic E-state index is 13.1. The van der Waals surface area contributed by atoms with Gasteiger partial charge in [-0.1, -0.05) is 35.9 Å². The summed E-state index contributed by atoms with van der Waals surface area (Å²) < 4.78 is 14.0. The zero-order valence-electron chi connectivity index (χ0n) is 16.1. The van der Waals surface area contributed by atoms with Crippen molar-refractivity contribution in [3.05, 3.63) is 93.6 Å². The van der Waals surface area contributed by atoms with Gasteiger partial charge in [0.15, 0.2) is 0 Å². The number of amides is 2. The lowest BCUT2D eigenvalue weighted by atomic mass is 10.1. The Morgan fingerprint density at radius 1 is 0.968 bits per heavy atom. The van der Waals surface area contributed by atoms with E-state index in [9.17, 15) is 14.0 Å². The number of hydrogen-bond acceptors (Lipinski definition) is 4. The molecule has 0 bridgehead atoms. The van der Waals surface area contributed by atoms with Gasteiger partial charge in [-0.3, -0.25) is 9.59 Å². The number of halogens is 2. The van der Waals surface area contributed by atoms with Gasteiger partial charge in [0, 0.05) is 22.3 Å². The Bertz CT molecular complexity index is 1290. The van der Waals surface area contributed by atoms with Gasteiger partial charge in [-0.2, -0.15) is 0 Å². The number of rotatable bonds is 5. The minimum atomic E-state index is -0.459. The molecule has 1 heterocycles. The number of carbonyl (C=O) groups is 2. The van der Waals surface area contributed by atoms with E-state index in [0.29, 0.717) is 21.3 Å². The molecule has 4 aromatic rings. The molecule has 0 aliphatic rings. The van der Waals surface area contributed by atoms with E-state index in [1.165, 1.54) is 35.6 Å². The SMILES string of the molecule is NCc1ccc(NC(=O)c2sc3ccccc3c2Cl)c(C(=O)Nc2ccc(F)cc2)c1. The molecule has 0 saturated carbocycles. The Hall–Kier alpha value is -3.26. The van der Waals surface area contributed by atoms with Crippen LogP contribution in [0.15, 0.2) is 66.7 Å². The van der Waals surface area contributed by atoms with Gasteiger partial charge in [0.1, 0.15) is 10.7 Å². The Labute approximate surface area is 186 Å². The topological polar surface area (TPSA) is 84.2 Å². The number of carbonyl (C=O) groups excluding carboxylic acids is 2. The minimum Gasteiger partial charge on any atom is -0.326 e. The van der Waals surface area contributed by atoms with Gasteiger partial charge < -0.3 is 16.4 Å². The van der Waals surface area contributed by atoms with Crippen LogP contribution >= 0.6 is 22.9 Å². The first kappa shape index (κ1) is 21.0. The summed E-state index contributed by atoms with van der Waals surface area (Å²) in [7, 11) is 0. The van der Waals surface area contributed by atoms with E-state index in [4.69, 9.17) is 17.3 Å². The summed E-state index contributed by atoms with van der Waals surface area (Å²) in [6, 6.07) is 17.8. The van der Waals surface area contributed by atoms with Gasteiger partial charge in [-0.05, 0) is 48.0 Å². The summed E-state index contributed by atoms with van der Waals surface area (Å²) in [6.45, 7) is 0.229. The fraction of sp³-hybridized carbons (Fsp3) is 0.0435. The van der Waals surface area contributed by atoms with Crippen LogP contribution in [0, 0.1) is 5.82 Å². The lowest BCUT2D eigenvalue weighted by molar-refractivity contribution is 0.102. The molecule has 5 nitrogen and oxygen atoms in total. The van der Waals surface area contributed by atoms with Crippen LogP contribution in [0.5, 0.6) is 0 Å². The second-order valence-corrected chi connectivity index (χ2v) is 8.17. The molecule has 0 radical (unpaired) electrons. The van der Waals surface area contributed by atoms with Crippen molar-refractivity contribution < 1.29 is 14.0 Å². The Morgan fingerprint density at radius 3 is 2.42 bits per heavy atom. The van der Waals surface area contributed by atoms with Crippen LogP contribution in [-0.4, -0.2) is 11.8 Å². The van der Waals surface area contributed by atoms with E-state index < -0.39 is 17.6 Å². The van der Waals surface area contributed by atoms with Gasteiger partial charge in [-0.25, -0.2) is 4.39 Å². The summed E-state index contributed by atoms with van der Waals surface area (Å²) in [6.07, 6.45) is 0. The van der Waals surface area contributed by atoms with Crippen molar-refractivity contribution in [1.29, 1.82) is 0 Å². The smallest absolute Gasteiger partial charge is 0.267 e. The molecule has 156 valence electrons. The third-order valence-corrected chi connectivity index (χ3v) is 6.33. The predicted molar refractivity (Wildman–Crippen MR) is 123 cm³/mol. The van der Waals surface area contributed by atoms with Crippen molar-refractivity contribution in [3.8, 4) is 0 Å². The number of benzene rings is 3. The fourth-order valence-corrected chi connectivity index (χ4v) is 4.50. The van der Waals surface area contributed by atoms with E-state index in [1.54, 1.807) is 18.2 Å². The van der Waals surface area contributed by atoms with Crippen molar-refractivity contribution in [2.45, 2.75) is 6.54 Å². The fourth-order valence-electron chi connectivity index (χ4n) is 3.09. The Balaban J connectivity index is 1.64. The quantitative estimate of drug-likeness (QED) is 0.364. The predicted octanol–water partition coefficient (Wildman–Crippen LogP) is 5.66. The molecular weight excluding hydrogens is 437 g/mol. The van der Waals surface area contributed by atoms with Crippen LogP contribution in [0.4, 0.5) is 15.8 Å². The van der Waals surface area contributed by atoms with Gasteiger partial charge in [0.25, 0.3) is 11.8 Å². The first-order valence-electron chi connectivity index (χ1n) is 9.34. The molecular formula is C23H17ClFN3O2S. The van der Waals surface area contributed by atoms with Crippen LogP contribution < -0.4 is 16.4 Å². The maximum atomic E-state index is 13.1. The molecule has 0 spiro atoms. The van der Waals surface area contributed by atoms with Crippen LogP contribution in [-0.2, 0) is 6.54 Å². The van der Waals surface area contributed by atoms with Crippen molar-refractivity contribution in [3.63, 3.8) is 0 Å². The number of hydrogen-bond donors (Lipinski definition) is 3. The third kappa shape index (κ3) is 4.44. The highest BCUT2D eigenvalue weighted by Gasteiger charge is 2.20. The second kappa shape index (κ2) is 8.85. The summed E-state index contributed by atoms with van der Waals surface area (Å²) in [5, 5.41) is 6.65. The maximum Gasteiger partial charge on any atom is 0.267 e. The molecule has 0 aliphatic heterocycles. The third-order valence-electron chi connectivity index (χ3n) is 4.66. The highest BCUT2D eigenvalue weighted by Crippen LogP contribution is 2.35. The second-order valence-electron chi connectivity index (χ2n) is 6.74. The van der Waals surface area contributed by atoms with E-state index in [-0.39, 0.29) is 12.1 Å². The van der Waals surface area contributed by atoms with Gasteiger partial charge in [0.05, 0.1) is 16.3 Å². The molecule has 1 aromatic heterocycles. The van der Waals surface area contributed by atoms with Gasteiger partial charge >= 0.3 is 0 Å². The number of nitrogens with one attached hydrogen (secondary N) is 2. The standard InChI is InChI=1S/C23H17ClFN3O2S/c24-20-16-3-1-2-4-19(16)31-21(20)23(30)28-18-10-5-13(12-26)11-17(18)22(29)27-15-8-6-14(25)7-9-15/h1-11H,12,26H2,(H,27,29)(H,28,30). The zero-order chi connectivity index (χ0) is 22.0. The highest BCUT2D eigenvalue weighted by atomic mass is 35.5. The van der Waals surface area contributed by atoms with Crippen LogP contribution in [0.2, 0.25) is 5.02 Å². The average molecular weight is 454 g/mol. The summed E-state index contributed by atoms with van der Waals surface area (Å²) in [5.74, 6) is -1.28. The first-order chi connectivity index (χ1) is 15.0. The van der Waals surface area contributed by atoms with E-state index in [0.717, 1.165) is 15.6 Å². The molecule has 2 amide bonds. The number of nitrogens with two attached hydrogens (primary N) is 1. The first-order valence-corrected chi connectivity index (χ1v) is 10.5. The summed E-state index contributed by atoms with van der Waals surface area (Å²) in [5.41, 5.74) is 7.42. The molecule has 31 heavy (non-hydrogen) atoms. The number of thiophene rings is 1. The van der Waals surface area contributed by atoms with Crippen LogP contribution in [0.1, 0.15) is 25.6 Å². The molecule has 0 atom stereocenters. The van der Waals surface area contributed by atoms with Gasteiger partial charge in [0.2, 0.25) is 0 Å². The summed E-state index contributed by atoms with van der Waals surface area (Å²) in [4.78, 5) is 26.2. The lowest BCUT2D eigenvalue weighted by Crippen LogP contribution is -2.18. The van der Waals surface area contributed by atoms with Crippen molar-refractivity contribution in [1.82, 2.24) is 0 Å². The molecule has 4 N–H and O–H groups in total. The number of fused-ring (bicyclic) bond motifs is 1. The minimum absolute atomic E-state index is 0.229. The zero-order valence-corrected chi connectivity index (χ0v) is 17.7. The van der Waals surface area contributed by atoms with Crippen LogP contribution in [0.3, 0.4) is 0 Å².